The minimum atomic E-state index is 0.604. The van der Waals surface area contributed by atoms with Crippen molar-refractivity contribution in [1.82, 2.24) is 24.5 Å². The third kappa shape index (κ3) is 5.24. The molecule has 0 fully saturated rings. The van der Waals surface area contributed by atoms with Crippen LogP contribution in [0.4, 0.5) is 0 Å². The molecule has 0 radical (unpaired) electrons. The van der Waals surface area contributed by atoms with E-state index < -0.39 is 0 Å². The normalized spacial score (nSPS) is 11.3. The summed E-state index contributed by atoms with van der Waals surface area (Å²) in [7, 11) is 0. The Morgan fingerprint density at radius 1 is 0.367 bits per heavy atom. The molecule has 5 heteroatoms. The lowest BCUT2D eigenvalue weighted by Crippen LogP contribution is -2.04. The van der Waals surface area contributed by atoms with E-state index in [9.17, 15) is 0 Å². The van der Waals surface area contributed by atoms with Gasteiger partial charge in [-0.15, -0.1) is 0 Å². The van der Waals surface area contributed by atoms with Gasteiger partial charge in [0.2, 0.25) is 0 Å². The van der Waals surface area contributed by atoms with Gasteiger partial charge in [0.15, 0.2) is 17.5 Å². The number of nitrogens with zero attached hydrogens (tertiary/aromatic N) is 5. The number of para-hydroxylation sites is 1. The molecule has 0 unspecified atom stereocenters. The Labute approximate surface area is 283 Å². The molecule has 0 saturated heterocycles. The maximum atomic E-state index is 5.14. The molecule has 49 heavy (non-hydrogen) atoms. The Hall–Kier alpha value is -6.72. The van der Waals surface area contributed by atoms with Crippen molar-refractivity contribution in [3.05, 3.63) is 176 Å². The predicted molar refractivity (Wildman–Crippen MR) is 199 cm³/mol. The molecular formula is C44H29N5. The Morgan fingerprint density at radius 2 is 0.918 bits per heavy atom. The lowest BCUT2D eigenvalue weighted by atomic mass is 10.0. The summed E-state index contributed by atoms with van der Waals surface area (Å²) in [6, 6.07) is 56.7. The van der Waals surface area contributed by atoms with Gasteiger partial charge in [-0.25, -0.2) is 15.0 Å². The average Bonchev–Trinajstić information content (AvgIpc) is 3.52. The van der Waals surface area contributed by atoms with Gasteiger partial charge in [-0.3, -0.25) is 4.98 Å². The van der Waals surface area contributed by atoms with E-state index in [0.29, 0.717) is 17.5 Å². The van der Waals surface area contributed by atoms with Crippen molar-refractivity contribution in [3.63, 3.8) is 0 Å². The first-order chi connectivity index (χ1) is 24.3. The third-order valence-electron chi connectivity index (χ3n) is 8.95. The van der Waals surface area contributed by atoms with Crippen molar-refractivity contribution in [2.45, 2.75) is 0 Å². The maximum Gasteiger partial charge on any atom is 0.166 e. The molecule has 9 rings (SSSR count). The zero-order chi connectivity index (χ0) is 32.6. The number of rotatable bonds is 6. The van der Waals surface area contributed by atoms with Crippen molar-refractivity contribution in [2.24, 2.45) is 0 Å². The third-order valence-corrected chi connectivity index (χ3v) is 8.95. The first-order valence-corrected chi connectivity index (χ1v) is 16.3. The van der Waals surface area contributed by atoms with Gasteiger partial charge in [-0.1, -0.05) is 127 Å². The topological polar surface area (TPSA) is 56.5 Å². The smallest absolute Gasteiger partial charge is 0.166 e. The lowest BCUT2D eigenvalue weighted by molar-refractivity contribution is 1.06. The first kappa shape index (κ1) is 28.5. The van der Waals surface area contributed by atoms with Gasteiger partial charge in [0.25, 0.3) is 0 Å². The lowest BCUT2D eigenvalue weighted by Gasteiger charge is -2.16. The molecule has 0 aliphatic heterocycles. The van der Waals surface area contributed by atoms with Crippen LogP contribution in [0.1, 0.15) is 0 Å². The zero-order valence-electron chi connectivity index (χ0n) is 26.5. The van der Waals surface area contributed by atoms with Crippen molar-refractivity contribution in [2.75, 3.05) is 0 Å². The molecule has 0 aliphatic rings. The second-order valence-corrected chi connectivity index (χ2v) is 12.0. The molecule has 5 nitrogen and oxygen atoms in total. The average molecular weight is 628 g/mol. The number of benzene rings is 6. The van der Waals surface area contributed by atoms with Crippen LogP contribution >= 0.6 is 0 Å². The largest absolute Gasteiger partial charge is 0.308 e. The van der Waals surface area contributed by atoms with E-state index in [4.69, 9.17) is 15.0 Å². The van der Waals surface area contributed by atoms with Crippen LogP contribution in [-0.2, 0) is 0 Å². The molecule has 0 amide bonds. The number of hydrogen-bond donors (Lipinski definition) is 0. The molecule has 0 atom stereocenters. The van der Waals surface area contributed by atoms with E-state index in [-0.39, 0.29) is 0 Å². The van der Waals surface area contributed by atoms with Gasteiger partial charge in [0.1, 0.15) is 0 Å². The molecule has 9 aromatic rings. The van der Waals surface area contributed by atoms with E-state index in [1.165, 1.54) is 21.9 Å². The van der Waals surface area contributed by atoms with Crippen LogP contribution in [-0.4, -0.2) is 24.5 Å². The molecule has 0 N–H and O–H groups in total. The Bertz CT molecular complexity index is 2520. The van der Waals surface area contributed by atoms with Crippen LogP contribution in [0.5, 0.6) is 0 Å². The number of fused-ring (bicyclic) bond motifs is 3. The second-order valence-electron chi connectivity index (χ2n) is 12.0. The van der Waals surface area contributed by atoms with Crippen molar-refractivity contribution < 1.29 is 0 Å². The standard InChI is InChI=1S/C44H29N5/c1-4-13-30(14-5-1)33-23-25-40-38(27-33)36-20-10-11-21-39(36)49(40)41-28-34(35-19-12-26-45-29-35)22-24-37(41)44-47-42(31-15-6-2-7-16-31)46-43(48-44)32-17-8-3-9-18-32/h1-29H. The van der Waals surface area contributed by atoms with E-state index in [2.05, 4.69) is 107 Å². The molecule has 0 aliphatic carbocycles. The fourth-order valence-electron chi connectivity index (χ4n) is 6.59. The summed E-state index contributed by atoms with van der Waals surface area (Å²) < 4.78 is 2.35. The van der Waals surface area contributed by atoms with Crippen LogP contribution in [0.15, 0.2) is 176 Å². The van der Waals surface area contributed by atoms with Gasteiger partial charge >= 0.3 is 0 Å². The van der Waals surface area contributed by atoms with Crippen molar-refractivity contribution in [1.29, 1.82) is 0 Å². The Kier molecular flexibility index (Phi) is 7.06. The Balaban J connectivity index is 1.34. The molecular weight excluding hydrogens is 599 g/mol. The van der Waals surface area contributed by atoms with Gasteiger partial charge in [-0.05, 0) is 53.1 Å². The molecule has 6 aromatic carbocycles. The van der Waals surface area contributed by atoms with Gasteiger partial charge in [0.05, 0.1) is 16.7 Å². The maximum absolute atomic E-state index is 5.14. The summed E-state index contributed by atoms with van der Waals surface area (Å²) >= 11 is 0. The first-order valence-electron chi connectivity index (χ1n) is 16.3. The minimum Gasteiger partial charge on any atom is -0.308 e. The highest BCUT2D eigenvalue weighted by Crippen LogP contribution is 2.39. The minimum absolute atomic E-state index is 0.604. The highest BCUT2D eigenvalue weighted by molar-refractivity contribution is 6.11. The molecule has 3 aromatic heterocycles. The van der Waals surface area contributed by atoms with Crippen LogP contribution in [0.3, 0.4) is 0 Å². The highest BCUT2D eigenvalue weighted by atomic mass is 15.1. The van der Waals surface area contributed by atoms with Crippen LogP contribution < -0.4 is 0 Å². The van der Waals surface area contributed by atoms with E-state index >= 15 is 0 Å². The molecule has 230 valence electrons. The quantitative estimate of drug-likeness (QED) is 0.184. The fraction of sp³-hybridized carbons (Fsp3) is 0. The Morgan fingerprint density at radius 3 is 1.59 bits per heavy atom. The molecule has 0 spiro atoms. The number of pyridine rings is 1. The summed E-state index contributed by atoms with van der Waals surface area (Å²) in [5.41, 5.74) is 10.4. The van der Waals surface area contributed by atoms with Crippen molar-refractivity contribution >= 4 is 21.8 Å². The SMILES string of the molecule is c1ccc(-c2ccc3c(c2)c2ccccc2n3-c2cc(-c3cccnc3)ccc2-c2nc(-c3ccccc3)nc(-c3ccccc3)n2)cc1. The van der Waals surface area contributed by atoms with E-state index in [1.807, 2.05) is 72.9 Å². The second kappa shape index (κ2) is 12.1. The van der Waals surface area contributed by atoms with Gasteiger partial charge in [-0.2, -0.15) is 0 Å². The summed E-state index contributed by atoms with van der Waals surface area (Å²) in [5.74, 6) is 1.86. The monoisotopic (exact) mass is 627 g/mol. The van der Waals surface area contributed by atoms with Crippen LogP contribution in [0, 0.1) is 0 Å². The van der Waals surface area contributed by atoms with Gasteiger partial charge in [0, 0.05) is 45.4 Å². The van der Waals surface area contributed by atoms with Crippen LogP contribution in [0.2, 0.25) is 0 Å². The van der Waals surface area contributed by atoms with Gasteiger partial charge < -0.3 is 4.57 Å². The van der Waals surface area contributed by atoms with Crippen LogP contribution in [0.25, 0.3) is 83.9 Å². The van der Waals surface area contributed by atoms with E-state index in [1.54, 1.807) is 6.20 Å². The summed E-state index contributed by atoms with van der Waals surface area (Å²) in [5, 5.41) is 2.36. The fourth-order valence-corrected chi connectivity index (χ4v) is 6.59. The van der Waals surface area contributed by atoms with E-state index in [0.717, 1.165) is 44.5 Å². The molecule has 3 heterocycles. The number of aromatic nitrogens is 5. The summed E-state index contributed by atoms with van der Waals surface area (Å²) in [4.78, 5) is 19.7. The predicted octanol–water partition coefficient (Wildman–Crippen LogP) is 10.7. The highest BCUT2D eigenvalue weighted by Gasteiger charge is 2.20. The summed E-state index contributed by atoms with van der Waals surface area (Å²) in [6.07, 6.45) is 3.71. The summed E-state index contributed by atoms with van der Waals surface area (Å²) in [6.45, 7) is 0. The van der Waals surface area contributed by atoms with Crippen molar-refractivity contribution in [3.8, 4) is 62.1 Å². The molecule has 0 bridgehead atoms. The zero-order valence-corrected chi connectivity index (χ0v) is 26.5. The molecule has 0 saturated carbocycles. The number of hydrogen-bond acceptors (Lipinski definition) is 4.